The van der Waals surface area contributed by atoms with Gasteiger partial charge in [-0.1, -0.05) is 26.0 Å². The lowest BCUT2D eigenvalue weighted by Gasteiger charge is -2.09. The summed E-state index contributed by atoms with van der Waals surface area (Å²) < 4.78 is 13.7. The number of nitrogens with two attached hydrogens (primary N) is 1. The second kappa shape index (κ2) is 6.98. The van der Waals surface area contributed by atoms with Crippen LogP contribution in [-0.2, 0) is 0 Å². The molecule has 0 aliphatic carbocycles. The fourth-order valence-electron chi connectivity index (χ4n) is 1.91. The molecule has 22 heavy (non-hydrogen) atoms. The van der Waals surface area contributed by atoms with Crippen LogP contribution in [0.1, 0.15) is 30.6 Å². The molecule has 0 radical (unpaired) electrons. The molecule has 1 aromatic heterocycles. The molecule has 2 rings (SSSR count). The molecule has 0 fully saturated rings. The second-order valence-corrected chi connectivity index (χ2v) is 5.41. The molecule has 0 aliphatic rings. The third-order valence-corrected chi connectivity index (χ3v) is 3.18. The van der Waals surface area contributed by atoms with Crippen molar-refractivity contribution in [1.29, 1.82) is 0 Å². The van der Waals surface area contributed by atoms with Gasteiger partial charge < -0.3 is 11.1 Å². The number of aromatic nitrogens is 2. The number of nitrogens with zero attached hydrogens (tertiary/aromatic N) is 2. The number of rotatable bonds is 5. The monoisotopic (exact) mass is 302 g/mol. The Morgan fingerprint density at radius 2 is 2.09 bits per heavy atom. The Morgan fingerprint density at radius 1 is 1.36 bits per heavy atom. The van der Waals surface area contributed by atoms with Crippen LogP contribution in [0.2, 0.25) is 0 Å². The summed E-state index contributed by atoms with van der Waals surface area (Å²) in [6.07, 6.45) is 2.20. The van der Waals surface area contributed by atoms with E-state index in [0.29, 0.717) is 12.5 Å². The van der Waals surface area contributed by atoms with E-state index in [9.17, 15) is 9.18 Å². The Balaban J connectivity index is 2.16. The maximum Gasteiger partial charge on any atom is 0.256 e. The maximum absolute atomic E-state index is 13.7. The molecule has 0 saturated carbocycles. The Bertz CT molecular complexity index is 673. The molecule has 1 aromatic carbocycles. The summed E-state index contributed by atoms with van der Waals surface area (Å²) in [5, 5.41) is 2.77. The van der Waals surface area contributed by atoms with Crippen LogP contribution >= 0.6 is 0 Å². The first-order chi connectivity index (χ1) is 10.5. The van der Waals surface area contributed by atoms with Gasteiger partial charge in [0.05, 0.1) is 11.1 Å². The fraction of sp³-hybridized carbons (Fsp3) is 0.312. The van der Waals surface area contributed by atoms with Gasteiger partial charge in [-0.25, -0.2) is 14.4 Å². The molecule has 3 N–H and O–H groups in total. The van der Waals surface area contributed by atoms with Crippen molar-refractivity contribution in [2.75, 3.05) is 12.3 Å². The van der Waals surface area contributed by atoms with Gasteiger partial charge in [-0.3, -0.25) is 4.79 Å². The summed E-state index contributed by atoms with van der Waals surface area (Å²) in [6.45, 7) is 4.71. The molecule has 0 spiro atoms. The van der Waals surface area contributed by atoms with E-state index in [2.05, 4.69) is 29.1 Å². The highest BCUT2D eigenvalue weighted by atomic mass is 19.1. The van der Waals surface area contributed by atoms with Gasteiger partial charge in [0.15, 0.2) is 5.82 Å². The standard InChI is InChI=1S/C16H19FN4O/c1-10(2)7-8-19-16(22)12-9-20-15(21-14(12)18)11-5-3-4-6-13(11)17/h3-6,9-10H,7-8H2,1-2H3,(H,19,22)(H2,18,20,21). The first kappa shape index (κ1) is 15.9. The van der Waals surface area contributed by atoms with Crippen LogP contribution in [0.4, 0.5) is 10.2 Å². The summed E-state index contributed by atoms with van der Waals surface area (Å²) in [5.74, 6) is -0.0590. The highest BCUT2D eigenvalue weighted by Crippen LogP contribution is 2.20. The number of nitrogens with one attached hydrogen (secondary N) is 1. The lowest BCUT2D eigenvalue weighted by Crippen LogP contribution is -2.26. The first-order valence-corrected chi connectivity index (χ1v) is 7.14. The molecule has 116 valence electrons. The minimum absolute atomic E-state index is 0.0373. The van der Waals surface area contributed by atoms with Crippen molar-refractivity contribution in [3.63, 3.8) is 0 Å². The van der Waals surface area contributed by atoms with Crippen molar-refractivity contribution in [2.24, 2.45) is 5.92 Å². The molecule has 0 aliphatic heterocycles. The van der Waals surface area contributed by atoms with E-state index >= 15 is 0 Å². The van der Waals surface area contributed by atoms with Crippen molar-refractivity contribution < 1.29 is 9.18 Å². The fourth-order valence-corrected chi connectivity index (χ4v) is 1.91. The molecule has 1 amide bonds. The van der Waals surface area contributed by atoms with Crippen LogP contribution in [0.5, 0.6) is 0 Å². The molecule has 2 aromatic rings. The summed E-state index contributed by atoms with van der Waals surface area (Å²) in [7, 11) is 0. The average molecular weight is 302 g/mol. The number of nitrogen functional groups attached to an aromatic ring is 1. The van der Waals surface area contributed by atoms with Gasteiger partial charge in [0.2, 0.25) is 0 Å². The largest absolute Gasteiger partial charge is 0.383 e. The molecule has 0 saturated heterocycles. The Labute approximate surface area is 128 Å². The van der Waals surface area contributed by atoms with Crippen LogP contribution < -0.4 is 11.1 Å². The number of hydrogen-bond acceptors (Lipinski definition) is 4. The molecular weight excluding hydrogens is 283 g/mol. The van der Waals surface area contributed by atoms with Gasteiger partial charge in [-0.05, 0) is 24.5 Å². The summed E-state index contributed by atoms with van der Waals surface area (Å²) in [6, 6.07) is 6.15. The van der Waals surface area contributed by atoms with Crippen molar-refractivity contribution in [1.82, 2.24) is 15.3 Å². The maximum atomic E-state index is 13.7. The van der Waals surface area contributed by atoms with Gasteiger partial charge in [-0.2, -0.15) is 0 Å². The van der Waals surface area contributed by atoms with E-state index in [1.165, 1.54) is 12.3 Å². The van der Waals surface area contributed by atoms with Gasteiger partial charge >= 0.3 is 0 Å². The van der Waals surface area contributed by atoms with E-state index in [1.54, 1.807) is 18.2 Å². The van der Waals surface area contributed by atoms with E-state index in [1.807, 2.05) is 0 Å². The molecule has 6 heteroatoms. The van der Waals surface area contributed by atoms with Crippen molar-refractivity contribution >= 4 is 11.7 Å². The zero-order valence-corrected chi connectivity index (χ0v) is 12.6. The van der Waals surface area contributed by atoms with E-state index in [0.717, 1.165) is 6.42 Å². The molecule has 0 unspecified atom stereocenters. The summed E-state index contributed by atoms with van der Waals surface area (Å²) >= 11 is 0. The Hall–Kier alpha value is -2.50. The molecule has 0 bridgehead atoms. The zero-order chi connectivity index (χ0) is 16.1. The zero-order valence-electron chi connectivity index (χ0n) is 12.6. The van der Waals surface area contributed by atoms with Gasteiger partial charge in [-0.15, -0.1) is 0 Å². The molecule has 1 heterocycles. The van der Waals surface area contributed by atoms with Crippen LogP contribution in [0.15, 0.2) is 30.5 Å². The van der Waals surface area contributed by atoms with Crippen molar-refractivity contribution in [2.45, 2.75) is 20.3 Å². The number of halogens is 1. The minimum atomic E-state index is -0.434. The predicted molar refractivity (Wildman–Crippen MR) is 83.6 cm³/mol. The van der Waals surface area contributed by atoms with Gasteiger partial charge in [0, 0.05) is 12.7 Å². The molecule has 0 atom stereocenters. The van der Waals surface area contributed by atoms with E-state index < -0.39 is 5.82 Å². The quantitative estimate of drug-likeness (QED) is 0.889. The molecule has 5 nitrogen and oxygen atoms in total. The van der Waals surface area contributed by atoms with Gasteiger partial charge in [0.1, 0.15) is 11.6 Å². The summed E-state index contributed by atoms with van der Waals surface area (Å²) in [4.78, 5) is 20.1. The predicted octanol–water partition coefficient (Wildman–Crippen LogP) is 2.64. The van der Waals surface area contributed by atoms with Crippen LogP contribution in [0.3, 0.4) is 0 Å². The smallest absolute Gasteiger partial charge is 0.256 e. The Morgan fingerprint density at radius 3 is 2.73 bits per heavy atom. The summed E-state index contributed by atoms with van der Waals surface area (Å²) in [5.41, 5.74) is 6.26. The van der Waals surface area contributed by atoms with Crippen LogP contribution in [0.25, 0.3) is 11.4 Å². The highest BCUT2D eigenvalue weighted by molar-refractivity contribution is 5.98. The number of carbonyl (C=O) groups excluding carboxylic acids is 1. The van der Waals surface area contributed by atoms with Gasteiger partial charge in [0.25, 0.3) is 5.91 Å². The van der Waals surface area contributed by atoms with Crippen molar-refractivity contribution in [3.05, 3.63) is 41.8 Å². The minimum Gasteiger partial charge on any atom is -0.383 e. The number of carbonyl (C=O) groups is 1. The second-order valence-electron chi connectivity index (χ2n) is 5.41. The molecular formula is C16H19FN4O. The van der Waals surface area contributed by atoms with Crippen LogP contribution in [-0.4, -0.2) is 22.4 Å². The number of anilines is 1. The van der Waals surface area contributed by atoms with Crippen molar-refractivity contribution in [3.8, 4) is 11.4 Å². The number of amides is 1. The normalized spacial score (nSPS) is 10.7. The highest BCUT2D eigenvalue weighted by Gasteiger charge is 2.14. The van der Waals surface area contributed by atoms with E-state index in [-0.39, 0.29) is 28.7 Å². The number of hydrogen-bond donors (Lipinski definition) is 2. The third kappa shape index (κ3) is 3.78. The lowest BCUT2D eigenvalue weighted by atomic mass is 10.1. The topological polar surface area (TPSA) is 80.9 Å². The first-order valence-electron chi connectivity index (χ1n) is 7.14. The third-order valence-electron chi connectivity index (χ3n) is 3.18. The van der Waals surface area contributed by atoms with E-state index in [4.69, 9.17) is 5.73 Å². The number of benzene rings is 1. The van der Waals surface area contributed by atoms with Crippen LogP contribution in [0, 0.1) is 11.7 Å². The Kier molecular flexibility index (Phi) is 5.04. The average Bonchev–Trinajstić information content (AvgIpc) is 2.47. The SMILES string of the molecule is CC(C)CCNC(=O)c1cnc(-c2ccccc2F)nc1N. The lowest BCUT2D eigenvalue weighted by molar-refractivity contribution is 0.0952.